The maximum absolute atomic E-state index is 4.86. The largest absolute Gasteiger partial charge is 0.396 e. The molecule has 2 heteroatoms. The number of hydrogen-bond acceptors (Lipinski definition) is 2. The summed E-state index contributed by atoms with van der Waals surface area (Å²) in [5.41, 5.74) is 1.32. The van der Waals surface area contributed by atoms with Crippen molar-refractivity contribution in [2.45, 2.75) is 32.6 Å². The smallest absolute Gasteiger partial charge is 0.114 e. The summed E-state index contributed by atoms with van der Waals surface area (Å²) in [6.45, 7) is 2.59. The van der Waals surface area contributed by atoms with Gasteiger partial charge in [0.25, 0.3) is 0 Å². The number of hydrogen-bond donors (Lipinski definition) is 0. The van der Waals surface area contributed by atoms with Crippen LogP contribution < -0.4 is 0 Å². The summed E-state index contributed by atoms with van der Waals surface area (Å²) >= 11 is 0. The maximum atomic E-state index is 4.86. The van der Waals surface area contributed by atoms with E-state index in [0.29, 0.717) is 6.61 Å². The highest BCUT2D eigenvalue weighted by molar-refractivity contribution is 5.78. The molecule has 0 aromatic carbocycles. The van der Waals surface area contributed by atoms with Gasteiger partial charge in [-0.05, 0) is 38.2 Å². The molecule has 11 heavy (non-hydrogen) atoms. The molecule has 1 rings (SSSR count). The van der Waals surface area contributed by atoms with E-state index >= 15 is 0 Å². The number of allylic oxidation sites excluding steroid dienone is 2. The second-order valence-electron chi connectivity index (χ2n) is 2.68. The fourth-order valence-electron chi connectivity index (χ4n) is 1.16. The third-order valence-corrected chi connectivity index (χ3v) is 1.75. The standard InChI is InChI=1S/C9H15NO/c1-2-11-10-8-9-6-4-3-5-7-9/h6,8H,2-5,7H2,1H3. The summed E-state index contributed by atoms with van der Waals surface area (Å²) in [4.78, 5) is 4.86. The van der Waals surface area contributed by atoms with Gasteiger partial charge in [-0.2, -0.15) is 0 Å². The zero-order valence-corrected chi connectivity index (χ0v) is 7.05. The summed E-state index contributed by atoms with van der Waals surface area (Å²) < 4.78 is 0. The summed E-state index contributed by atoms with van der Waals surface area (Å²) in [5, 5.41) is 3.82. The van der Waals surface area contributed by atoms with Crippen LogP contribution in [0.25, 0.3) is 0 Å². The third kappa shape index (κ3) is 3.21. The van der Waals surface area contributed by atoms with Gasteiger partial charge in [0.15, 0.2) is 0 Å². The Hall–Kier alpha value is -0.790. The molecule has 0 saturated carbocycles. The van der Waals surface area contributed by atoms with Crippen molar-refractivity contribution >= 4 is 6.21 Å². The van der Waals surface area contributed by atoms with E-state index in [1.54, 1.807) is 0 Å². The monoisotopic (exact) mass is 153 g/mol. The van der Waals surface area contributed by atoms with E-state index < -0.39 is 0 Å². The fraction of sp³-hybridized carbons (Fsp3) is 0.667. The molecule has 0 fully saturated rings. The number of oxime groups is 1. The maximum Gasteiger partial charge on any atom is 0.114 e. The van der Waals surface area contributed by atoms with Crippen LogP contribution >= 0.6 is 0 Å². The molecule has 0 bridgehead atoms. The molecule has 0 spiro atoms. The minimum Gasteiger partial charge on any atom is -0.396 e. The summed E-state index contributed by atoms with van der Waals surface area (Å²) in [6.07, 6.45) is 9.06. The van der Waals surface area contributed by atoms with Crippen molar-refractivity contribution in [3.05, 3.63) is 11.6 Å². The Labute approximate surface area is 67.9 Å². The molecule has 0 aliphatic heterocycles. The van der Waals surface area contributed by atoms with Crippen LogP contribution in [-0.2, 0) is 4.84 Å². The van der Waals surface area contributed by atoms with Crippen LogP contribution in [-0.4, -0.2) is 12.8 Å². The first-order valence-electron chi connectivity index (χ1n) is 4.28. The molecule has 62 valence electrons. The normalized spacial score (nSPS) is 18.5. The molecule has 0 saturated heterocycles. The average Bonchev–Trinajstić information content (AvgIpc) is 2.07. The third-order valence-electron chi connectivity index (χ3n) is 1.75. The molecule has 0 amide bonds. The predicted octanol–water partition coefficient (Wildman–Crippen LogP) is 2.51. The van der Waals surface area contributed by atoms with E-state index in [-0.39, 0.29) is 0 Å². The van der Waals surface area contributed by atoms with Crippen LogP contribution in [0.1, 0.15) is 32.6 Å². The van der Waals surface area contributed by atoms with Crippen molar-refractivity contribution in [2.75, 3.05) is 6.61 Å². The Morgan fingerprint density at radius 3 is 3.18 bits per heavy atom. The van der Waals surface area contributed by atoms with E-state index in [4.69, 9.17) is 4.84 Å². The number of rotatable bonds is 3. The molecule has 0 N–H and O–H groups in total. The highest BCUT2D eigenvalue weighted by Gasteiger charge is 1.99. The molecule has 2 nitrogen and oxygen atoms in total. The Balaban J connectivity index is 2.29. The summed E-state index contributed by atoms with van der Waals surface area (Å²) in [6, 6.07) is 0. The quantitative estimate of drug-likeness (QED) is 0.451. The van der Waals surface area contributed by atoms with E-state index in [2.05, 4.69) is 11.2 Å². The van der Waals surface area contributed by atoms with Gasteiger partial charge in [-0.15, -0.1) is 0 Å². The van der Waals surface area contributed by atoms with Gasteiger partial charge in [-0.1, -0.05) is 11.2 Å². The highest BCUT2D eigenvalue weighted by Crippen LogP contribution is 2.15. The van der Waals surface area contributed by atoms with Gasteiger partial charge in [-0.25, -0.2) is 0 Å². The van der Waals surface area contributed by atoms with Gasteiger partial charge in [0.05, 0.1) is 6.21 Å². The first kappa shape index (κ1) is 8.31. The van der Waals surface area contributed by atoms with Crippen molar-refractivity contribution in [3.8, 4) is 0 Å². The van der Waals surface area contributed by atoms with E-state index in [9.17, 15) is 0 Å². The minimum absolute atomic E-state index is 0.657. The zero-order valence-electron chi connectivity index (χ0n) is 7.05. The Bertz CT molecular complexity index is 161. The van der Waals surface area contributed by atoms with Crippen molar-refractivity contribution < 1.29 is 4.84 Å². The second-order valence-corrected chi connectivity index (χ2v) is 2.68. The lowest BCUT2D eigenvalue weighted by Gasteiger charge is -2.06. The van der Waals surface area contributed by atoms with Gasteiger partial charge in [-0.3, -0.25) is 0 Å². The van der Waals surface area contributed by atoms with Crippen molar-refractivity contribution in [2.24, 2.45) is 5.16 Å². The first-order valence-corrected chi connectivity index (χ1v) is 4.28. The zero-order chi connectivity index (χ0) is 7.94. The summed E-state index contributed by atoms with van der Waals surface area (Å²) in [7, 11) is 0. The van der Waals surface area contributed by atoms with Crippen molar-refractivity contribution in [1.29, 1.82) is 0 Å². The molecule has 0 unspecified atom stereocenters. The molecule has 0 heterocycles. The molecule has 0 radical (unpaired) electrons. The molecule has 0 aromatic rings. The Morgan fingerprint density at radius 2 is 2.55 bits per heavy atom. The molecule has 1 aliphatic carbocycles. The first-order chi connectivity index (χ1) is 5.43. The minimum atomic E-state index is 0.657. The fourth-order valence-corrected chi connectivity index (χ4v) is 1.16. The lowest BCUT2D eigenvalue weighted by Crippen LogP contribution is -1.93. The van der Waals surface area contributed by atoms with E-state index in [1.165, 1.54) is 24.8 Å². The van der Waals surface area contributed by atoms with Crippen LogP contribution in [0.3, 0.4) is 0 Å². The summed E-state index contributed by atoms with van der Waals surface area (Å²) in [5.74, 6) is 0. The van der Waals surface area contributed by atoms with Gasteiger partial charge in [0, 0.05) is 0 Å². The molecular formula is C9H15NO. The molecule has 1 aliphatic rings. The predicted molar refractivity (Wildman–Crippen MR) is 46.7 cm³/mol. The molecule has 0 aromatic heterocycles. The molecular weight excluding hydrogens is 138 g/mol. The lowest BCUT2D eigenvalue weighted by molar-refractivity contribution is 0.160. The molecule has 0 atom stereocenters. The average molecular weight is 153 g/mol. The van der Waals surface area contributed by atoms with Gasteiger partial charge in [0.1, 0.15) is 6.61 Å². The highest BCUT2D eigenvalue weighted by atomic mass is 16.6. The SMILES string of the molecule is CCON=CC1=CCCCC1. The van der Waals surface area contributed by atoms with E-state index in [1.807, 2.05) is 13.1 Å². The van der Waals surface area contributed by atoms with Crippen molar-refractivity contribution in [3.63, 3.8) is 0 Å². The van der Waals surface area contributed by atoms with Gasteiger partial charge in [0.2, 0.25) is 0 Å². The van der Waals surface area contributed by atoms with Crippen LogP contribution in [0.5, 0.6) is 0 Å². The van der Waals surface area contributed by atoms with Gasteiger partial charge < -0.3 is 4.84 Å². The Kier molecular flexibility index (Phi) is 3.73. The second kappa shape index (κ2) is 4.94. The number of nitrogens with zero attached hydrogens (tertiary/aromatic N) is 1. The van der Waals surface area contributed by atoms with Crippen LogP contribution in [0.4, 0.5) is 0 Å². The van der Waals surface area contributed by atoms with Gasteiger partial charge >= 0.3 is 0 Å². The Morgan fingerprint density at radius 1 is 1.64 bits per heavy atom. The lowest BCUT2D eigenvalue weighted by atomic mass is 10.0. The van der Waals surface area contributed by atoms with Crippen LogP contribution in [0.15, 0.2) is 16.8 Å². The van der Waals surface area contributed by atoms with E-state index in [0.717, 1.165) is 6.42 Å². The van der Waals surface area contributed by atoms with Crippen LogP contribution in [0.2, 0.25) is 0 Å². The topological polar surface area (TPSA) is 21.6 Å². The van der Waals surface area contributed by atoms with Crippen molar-refractivity contribution in [1.82, 2.24) is 0 Å². The van der Waals surface area contributed by atoms with Crippen LogP contribution in [0, 0.1) is 0 Å².